The SMILES string of the molecule is CNc1nc(Nc2ccccc2SC(F)(F)C(F)(F)C(F)(F)F)nc(N(C)C)n1. The van der Waals surface area contributed by atoms with Gasteiger partial charge in [0.1, 0.15) is 0 Å². The molecule has 0 aliphatic rings. The van der Waals surface area contributed by atoms with Gasteiger partial charge in [-0.25, -0.2) is 0 Å². The Hall–Kier alpha value is -2.51. The lowest BCUT2D eigenvalue weighted by atomic mass is 10.3. The fraction of sp³-hybridized carbons (Fsp3) is 0.400. The van der Waals surface area contributed by atoms with Gasteiger partial charge in [-0.05, 0) is 23.9 Å². The van der Waals surface area contributed by atoms with Gasteiger partial charge in [0.15, 0.2) is 0 Å². The topological polar surface area (TPSA) is 66.0 Å². The highest BCUT2D eigenvalue weighted by molar-refractivity contribution is 8.00. The minimum absolute atomic E-state index is 0.116. The number of nitrogens with zero attached hydrogens (tertiary/aromatic N) is 4. The van der Waals surface area contributed by atoms with Crippen LogP contribution in [0.5, 0.6) is 0 Å². The summed E-state index contributed by atoms with van der Waals surface area (Å²) in [6.45, 7) is 0. The van der Waals surface area contributed by atoms with Crippen LogP contribution in [0.4, 0.5) is 54.3 Å². The second-order valence-electron chi connectivity index (χ2n) is 5.74. The molecule has 0 atom stereocenters. The Kier molecular flexibility index (Phi) is 6.35. The number of para-hydroxylation sites is 1. The average Bonchev–Trinajstić information content (AvgIpc) is 2.61. The molecule has 0 aliphatic heterocycles. The highest BCUT2D eigenvalue weighted by atomic mass is 32.2. The van der Waals surface area contributed by atoms with Crippen molar-refractivity contribution in [2.75, 3.05) is 36.7 Å². The summed E-state index contributed by atoms with van der Waals surface area (Å²) in [6.07, 6.45) is -6.41. The van der Waals surface area contributed by atoms with Gasteiger partial charge >= 0.3 is 17.4 Å². The summed E-state index contributed by atoms with van der Waals surface area (Å²) in [7, 11) is 4.77. The highest BCUT2D eigenvalue weighted by Gasteiger charge is 2.73. The molecule has 160 valence electrons. The summed E-state index contributed by atoms with van der Waals surface area (Å²) in [5.41, 5.74) is -0.187. The van der Waals surface area contributed by atoms with Gasteiger partial charge in [0, 0.05) is 26.0 Å². The van der Waals surface area contributed by atoms with Crippen LogP contribution in [0.25, 0.3) is 0 Å². The van der Waals surface area contributed by atoms with Crippen LogP contribution in [0.2, 0.25) is 0 Å². The molecule has 6 nitrogen and oxygen atoms in total. The van der Waals surface area contributed by atoms with Crippen LogP contribution in [-0.4, -0.2) is 53.4 Å². The maximum absolute atomic E-state index is 13.8. The molecule has 0 fully saturated rings. The molecular weight excluding hydrogens is 429 g/mol. The number of alkyl halides is 7. The first-order valence-electron chi connectivity index (χ1n) is 7.77. The predicted octanol–water partition coefficient (Wildman–Crippen LogP) is 4.61. The van der Waals surface area contributed by atoms with Gasteiger partial charge in [-0.15, -0.1) is 0 Å². The zero-order chi connectivity index (χ0) is 22.0. The average molecular weight is 444 g/mol. The Labute approximate surface area is 164 Å². The fourth-order valence-corrected chi connectivity index (χ4v) is 2.77. The van der Waals surface area contributed by atoms with Gasteiger partial charge in [0.2, 0.25) is 17.8 Å². The number of thioether (sulfide) groups is 1. The van der Waals surface area contributed by atoms with Crippen LogP contribution < -0.4 is 15.5 Å². The summed E-state index contributed by atoms with van der Waals surface area (Å²) >= 11 is -0.917. The van der Waals surface area contributed by atoms with Gasteiger partial charge in [0.25, 0.3) is 0 Å². The maximum Gasteiger partial charge on any atom is 0.460 e. The summed E-state index contributed by atoms with van der Waals surface area (Å²) in [5, 5.41) is -0.246. The number of anilines is 4. The predicted molar refractivity (Wildman–Crippen MR) is 95.2 cm³/mol. The molecule has 0 saturated carbocycles. The van der Waals surface area contributed by atoms with Crippen molar-refractivity contribution >= 4 is 35.3 Å². The number of hydrogen-bond acceptors (Lipinski definition) is 7. The molecule has 0 bridgehead atoms. The Bertz CT molecular complexity index is 859. The summed E-state index contributed by atoms with van der Waals surface area (Å²) in [4.78, 5) is 13.0. The second-order valence-corrected chi connectivity index (χ2v) is 6.90. The number of halogens is 7. The van der Waals surface area contributed by atoms with Crippen molar-refractivity contribution in [2.45, 2.75) is 22.2 Å². The number of aromatic nitrogens is 3. The van der Waals surface area contributed by atoms with Gasteiger partial charge in [-0.2, -0.15) is 45.7 Å². The molecule has 0 saturated heterocycles. The van der Waals surface area contributed by atoms with Crippen molar-refractivity contribution in [3.8, 4) is 0 Å². The van der Waals surface area contributed by atoms with Crippen molar-refractivity contribution in [3.63, 3.8) is 0 Å². The minimum atomic E-state index is -6.41. The van der Waals surface area contributed by atoms with Gasteiger partial charge in [-0.1, -0.05) is 12.1 Å². The first kappa shape index (κ1) is 22.8. The van der Waals surface area contributed by atoms with Crippen molar-refractivity contribution in [1.29, 1.82) is 0 Å². The third-order valence-electron chi connectivity index (χ3n) is 3.34. The zero-order valence-electron chi connectivity index (χ0n) is 15.2. The van der Waals surface area contributed by atoms with Gasteiger partial charge in [0.05, 0.1) is 5.69 Å². The molecule has 0 radical (unpaired) electrons. The van der Waals surface area contributed by atoms with Crippen molar-refractivity contribution in [3.05, 3.63) is 24.3 Å². The first-order chi connectivity index (χ1) is 13.3. The van der Waals surface area contributed by atoms with E-state index in [1.54, 1.807) is 14.1 Å². The second kappa shape index (κ2) is 8.08. The van der Waals surface area contributed by atoms with Crippen LogP contribution in [0.3, 0.4) is 0 Å². The van der Waals surface area contributed by atoms with E-state index in [1.165, 1.54) is 30.1 Å². The van der Waals surface area contributed by atoms with E-state index in [0.717, 1.165) is 6.07 Å². The van der Waals surface area contributed by atoms with E-state index in [4.69, 9.17) is 0 Å². The Morgan fingerprint density at radius 1 is 0.897 bits per heavy atom. The molecule has 2 aromatic rings. The summed E-state index contributed by atoms with van der Waals surface area (Å²) in [6, 6.07) is 4.77. The monoisotopic (exact) mass is 444 g/mol. The molecule has 1 heterocycles. The van der Waals surface area contributed by atoms with Crippen molar-refractivity contribution in [2.24, 2.45) is 0 Å². The molecule has 0 aliphatic carbocycles. The van der Waals surface area contributed by atoms with E-state index < -0.39 is 34.0 Å². The van der Waals surface area contributed by atoms with E-state index in [0.29, 0.717) is 0 Å². The van der Waals surface area contributed by atoms with Gasteiger partial charge in [-0.3, -0.25) is 0 Å². The number of rotatable bonds is 7. The number of benzene rings is 1. The maximum atomic E-state index is 13.8. The van der Waals surface area contributed by atoms with Crippen LogP contribution in [0.1, 0.15) is 0 Å². The number of hydrogen-bond donors (Lipinski definition) is 2. The van der Waals surface area contributed by atoms with E-state index >= 15 is 0 Å². The summed E-state index contributed by atoms with van der Waals surface area (Å²) < 4.78 is 91.2. The Balaban J connectivity index is 2.39. The van der Waals surface area contributed by atoms with E-state index in [-0.39, 0.29) is 23.5 Å². The molecule has 2 N–H and O–H groups in total. The lowest BCUT2D eigenvalue weighted by molar-refractivity contribution is -0.330. The minimum Gasteiger partial charge on any atom is -0.357 e. The lowest BCUT2D eigenvalue weighted by Crippen LogP contribution is -2.49. The lowest BCUT2D eigenvalue weighted by Gasteiger charge is -2.28. The highest BCUT2D eigenvalue weighted by Crippen LogP contribution is 2.54. The standard InChI is InChI=1S/C15H15F7N6S/c1-23-10-25-11(27-12(26-10)28(2)3)24-8-6-4-5-7-9(8)29-15(21,22)13(16,17)14(18,19)20/h4-7H,1-3H3,(H2,23,24,25,26,27). The van der Waals surface area contributed by atoms with Crippen molar-refractivity contribution in [1.82, 2.24) is 15.0 Å². The van der Waals surface area contributed by atoms with Crippen LogP contribution >= 0.6 is 11.8 Å². The molecule has 0 amide bonds. The first-order valence-corrected chi connectivity index (χ1v) is 8.58. The van der Waals surface area contributed by atoms with Gasteiger partial charge < -0.3 is 15.5 Å². The molecule has 29 heavy (non-hydrogen) atoms. The largest absolute Gasteiger partial charge is 0.460 e. The summed E-state index contributed by atoms with van der Waals surface area (Å²) in [5.74, 6) is -6.06. The van der Waals surface area contributed by atoms with E-state index in [9.17, 15) is 30.7 Å². The van der Waals surface area contributed by atoms with Crippen molar-refractivity contribution < 1.29 is 30.7 Å². The molecule has 0 unspecified atom stereocenters. The molecule has 1 aromatic carbocycles. The molecular formula is C15H15F7N6S. The quantitative estimate of drug-likeness (QED) is 0.478. The smallest absolute Gasteiger partial charge is 0.357 e. The molecule has 14 heteroatoms. The third-order valence-corrected chi connectivity index (χ3v) is 4.43. The third kappa shape index (κ3) is 4.92. The van der Waals surface area contributed by atoms with Crippen LogP contribution in [-0.2, 0) is 0 Å². The molecule has 2 rings (SSSR count). The normalized spacial score (nSPS) is 12.6. The molecule has 1 aromatic heterocycles. The van der Waals surface area contributed by atoms with E-state index in [2.05, 4.69) is 25.6 Å². The van der Waals surface area contributed by atoms with E-state index in [1.807, 2.05) is 0 Å². The molecule has 0 spiro atoms. The Morgan fingerprint density at radius 2 is 1.48 bits per heavy atom. The number of nitrogens with one attached hydrogen (secondary N) is 2. The fourth-order valence-electron chi connectivity index (χ4n) is 1.88. The van der Waals surface area contributed by atoms with Crippen LogP contribution in [0.15, 0.2) is 29.2 Å². The Morgan fingerprint density at radius 3 is 2.03 bits per heavy atom. The zero-order valence-corrected chi connectivity index (χ0v) is 16.0. The van der Waals surface area contributed by atoms with Crippen LogP contribution in [0, 0.1) is 0 Å².